The van der Waals surface area contributed by atoms with E-state index in [1.165, 1.54) is 12.1 Å². The number of hydrogen-bond acceptors (Lipinski definition) is 6. The number of para-hydroxylation sites is 1. The number of nitrogens with zero attached hydrogens (tertiary/aromatic N) is 2. The van der Waals surface area contributed by atoms with Crippen molar-refractivity contribution >= 4 is 27.3 Å². The molecule has 1 aromatic heterocycles. The van der Waals surface area contributed by atoms with E-state index >= 15 is 0 Å². The van der Waals surface area contributed by atoms with Gasteiger partial charge in [0.05, 0.1) is 17.8 Å². The van der Waals surface area contributed by atoms with Gasteiger partial charge in [-0.25, -0.2) is 13.4 Å². The summed E-state index contributed by atoms with van der Waals surface area (Å²) in [5, 5.41) is 6.18. The van der Waals surface area contributed by atoms with Crippen LogP contribution in [0.25, 0.3) is 0 Å². The molecule has 4 aromatic rings. The molecule has 0 radical (unpaired) electrons. The lowest BCUT2D eigenvalue weighted by molar-refractivity contribution is 0.0952. The number of anilines is 2. The zero-order valence-corrected chi connectivity index (χ0v) is 21.6. The summed E-state index contributed by atoms with van der Waals surface area (Å²) in [7, 11) is -3.93. The van der Waals surface area contributed by atoms with Gasteiger partial charge in [0.1, 0.15) is 5.75 Å². The molecule has 0 aliphatic carbocycles. The molecule has 0 unspecified atom stereocenters. The first-order chi connectivity index (χ1) is 18.5. The summed E-state index contributed by atoms with van der Waals surface area (Å²) in [4.78, 5) is 17.0. The molecular weight excluding hydrogens is 502 g/mol. The zero-order chi connectivity index (χ0) is 26.4. The van der Waals surface area contributed by atoms with E-state index in [1.807, 2.05) is 29.0 Å². The van der Waals surface area contributed by atoms with Crippen molar-refractivity contribution in [2.45, 2.75) is 30.8 Å². The maximum Gasteiger partial charge on any atom is 0.261 e. The van der Waals surface area contributed by atoms with Gasteiger partial charge in [-0.15, -0.1) is 0 Å². The van der Waals surface area contributed by atoms with Crippen LogP contribution in [0.1, 0.15) is 27.9 Å². The van der Waals surface area contributed by atoms with E-state index in [9.17, 15) is 13.2 Å². The Bertz CT molecular complexity index is 1510. The number of nitrogens with one attached hydrogen (secondary N) is 3. The summed E-state index contributed by atoms with van der Waals surface area (Å²) in [6.07, 6.45) is 6.87. The number of ether oxygens (including phenoxy) is 1. The summed E-state index contributed by atoms with van der Waals surface area (Å²) < 4.78 is 36.6. The average molecular weight is 532 g/mol. The highest BCUT2D eigenvalue weighted by Crippen LogP contribution is 2.27. The Labute approximate surface area is 221 Å². The highest BCUT2D eigenvalue weighted by Gasteiger charge is 2.19. The topological polar surface area (TPSA) is 114 Å². The fraction of sp³-hybridized carbons (Fsp3) is 0.214. The summed E-state index contributed by atoms with van der Waals surface area (Å²) in [6, 6.07) is 19.3. The third kappa shape index (κ3) is 6.33. The smallest absolute Gasteiger partial charge is 0.261 e. The maximum atomic E-state index is 13.2. The van der Waals surface area contributed by atoms with Crippen LogP contribution in [0.4, 0.5) is 11.4 Å². The van der Waals surface area contributed by atoms with E-state index < -0.39 is 10.0 Å². The van der Waals surface area contributed by atoms with Gasteiger partial charge in [0.25, 0.3) is 15.9 Å². The van der Waals surface area contributed by atoms with E-state index in [-0.39, 0.29) is 16.4 Å². The molecule has 3 N–H and O–H groups in total. The van der Waals surface area contributed by atoms with E-state index in [1.54, 1.807) is 42.9 Å². The SMILES string of the molecule is O=C(NCCCn1ccnc1)c1cc(NCc2ccc3c(c2)CCO3)cc(S(=O)(=O)Nc2ccccc2)c1. The number of fused-ring (bicyclic) bond motifs is 1. The second kappa shape index (κ2) is 11.4. The average Bonchev–Trinajstić information content (AvgIpc) is 3.62. The first-order valence-corrected chi connectivity index (χ1v) is 13.9. The predicted octanol–water partition coefficient (Wildman–Crippen LogP) is 4.05. The summed E-state index contributed by atoms with van der Waals surface area (Å²) >= 11 is 0. The largest absolute Gasteiger partial charge is 0.493 e. The molecular formula is C28H29N5O4S. The Kier molecular flexibility index (Phi) is 7.60. The molecule has 0 spiro atoms. The van der Waals surface area contributed by atoms with Gasteiger partial charge in [-0.05, 0) is 53.9 Å². The van der Waals surface area contributed by atoms with Crippen molar-refractivity contribution in [3.63, 3.8) is 0 Å². The standard InChI is InChI=1S/C28H29N5O4S/c34-28(30-10-4-12-33-13-11-29-20-33)23-16-25(31-19-21-7-8-27-22(15-21)9-14-37-27)18-26(17-23)38(35,36)32-24-5-2-1-3-6-24/h1-3,5-8,11,13,15-18,20,31-32H,4,9-10,12,14,19H2,(H,30,34). The molecule has 9 nitrogen and oxygen atoms in total. The number of imidazole rings is 1. The molecule has 38 heavy (non-hydrogen) atoms. The quantitative estimate of drug-likeness (QED) is 0.252. The van der Waals surface area contributed by atoms with E-state index in [0.717, 1.165) is 23.3 Å². The molecule has 0 atom stereocenters. The third-order valence-corrected chi connectivity index (χ3v) is 7.55. The van der Waals surface area contributed by atoms with Crippen molar-refractivity contribution in [2.75, 3.05) is 23.2 Å². The van der Waals surface area contributed by atoms with Crippen LogP contribution in [-0.2, 0) is 29.5 Å². The molecule has 0 bridgehead atoms. The number of sulfonamides is 1. The molecule has 0 saturated carbocycles. The van der Waals surface area contributed by atoms with Crippen LogP contribution in [0, 0.1) is 0 Å². The van der Waals surface area contributed by atoms with Gasteiger partial charge in [-0.3, -0.25) is 9.52 Å². The van der Waals surface area contributed by atoms with Gasteiger partial charge >= 0.3 is 0 Å². The molecule has 0 saturated heterocycles. The van der Waals surface area contributed by atoms with E-state index in [0.29, 0.717) is 44.0 Å². The lowest BCUT2D eigenvalue weighted by Crippen LogP contribution is -2.26. The van der Waals surface area contributed by atoms with Gasteiger partial charge in [-0.1, -0.05) is 30.3 Å². The molecule has 0 fully saturated rings. The molecule has 1 aliphatic rings. The fourth-order valence-corrected chi connectivity index (χ4v) is 5.37. The third-order valence-electron chi connectivity index (χ3n) is 6.19. The van der Waals surface area contributed by atoms with Crippen LogP contribution in [0.15, 0.2) is 90.3 Å². The number of carbonyl (C=O) groups is 1. The van der Waals surface area contributed by atoms with Crippen molar-refractivity contribution in [3.05, 3.63) is 102 Å². The van der Waals surface area contributed by atoms with Crippen molar-refractivity contribution in [1.82, 2.24) is 14.9 Å². The van der Waals surface area contributed by atoms with E-state index in [4.69, 9.17) is 4.74 Å². The van der Waals surface area contributed by atoms with Crippen LogP contribution < -0.4 is 20.1 Å². The van der Waals surface area contributed by atoms with Gasteiger partial charge < -0.3 is 19.9 Å². The first-order valence-electron chi connectivity index (χ1n) is 12.4. The Hall–Kier alpha value is -4.31. The van der Waals surface area contributed by atoms with Crippen molar-refractivity contribution in [1.29, 1.82) is 0 Å². The molecule has 10 heteroatoms. The minimum atomic E-state index is -3.93. The van der Waals surface area contributed by atoms with Crippen LogP contribution in [-0.4, -0.2) is 37.0 Å². The minimum absolute atomic E-state index is 0.00253. The van der Waals surface area contributed by atoms with Crippen LogP contribution in [0.2, 0.25) is 0 Å². The Morgan fingerprint density at radius 3 is 2.71 bits per heavy atom. The minimum Gasteiger partial charge on any atom is -0.493 e. The van der Waals surface area contributed by atoms with Gasteiger partial charge in [0.15, 0.2) is 0 Å². The predicted molar refractivity (Wildman–Crippen MR) is 146 cm³/mol. The maximum absolute atomic E-state index is 13.2. The van der Waals surface area contributed by atoms with Crippen molar-refractivity contribution in [3.8, 4) is 5.75 Å². The highest BCUT2D eigenvalue weighted by atomic mass is 32.2. The summed E-state index contributed by atoms with van der Waals surface area (Å²) in [5.74, 6) is 0.561. The lowest BCUT2D eigenvalue weighted by atomic mass is 10.1. The Morgan fingerprint density at radius 2 is 1.89 bits per heavy atom. The first kappa shape index (κ1) is 25.3. The summed E-state index contributed by atoms with van der Waals surface area (Å²) in [6.45, 7) is 2.31. The number of benzene rings is 3. The number of hydrogen-bond donors (Lipinski definition) is 3. The molecule has 1 amide bonds. The molecule has 2 heterocycles. The number of rotatable bonds is 11. The lowest BCUT2D eigenvalue weighted by Gasteiger charge is -2.14. The van der Waals surface area contributed by atoms with E-state index in [2.05, 4.69) is 26.4 Å². The monoisotopic (exact) mass is 531 g/mol. The second-order valence-corrected chi connectivity index (χ2v) is 10.7. The molecule has 196 valence electrons. The summed E-state index contributed by atoms with van der Waals surface area (Å²) in [5.41, 5.74) is 3.42. The molecule has 1 aliphatic heterocycles. The van der Waals surface area contributed by atoms with Crippen molar-refractivity contribution in [2.24, 2.45) is 0 Å². The number of aryl methyl sites for hydroxylation is 1. The Balaban J connectivity index is 1.34. The highest BCUT2D eigenvalue weighted by molar-refractivity contribution is 7.92. The Morgan fingerprint density at radius 1 is 1.03 bits per heavy atom. The number of aromatic nitrogens is 2. The second-order valence-electron chi connectivity index (χ2n) is 9.02. The van der Waals surface area contributed by atoms with Crippen LogP contribution >= 0.6 is 0 Å². The molecule has 5 rings (SSSR count). The number of amides is 1. The number of carbonyl (C=O) groups excluding carboxylic acids is 1. The van der Waals surface area contributed by atoms with Crippen LogP contribution in [0.5, 0.6) is 5.75 Å². The van der Waals surface area contributed by atoms with Gasteiger partial charge in [0, 0.05) is 55.4 Å². The fourth-order valence-electron chi connectivity index (χ4n) is 4.25. The van der Waals surface area contributed by atoms with Crippen molar-refractivity contribution < 1.29 is 17.9 Å². The zero-order valence-electron chi connectivity index (χ0n) is 20.8. The van der Waals surface area contributed by atoms with Gasteiger partial charge in [-0.2, -0.15) is 0 Å². The molecule has 3 aromatic carbocycles. The van der Waals surface area contributed by atoms with Crippen LogP contribution in [0.3, 0.4) is 0 Å². The van der Waals surface area contributed by atoms with Gasteiger partial charge in [0.2, 0.25) is 0 Å². The normalized spacial score (nSPS) is 12.4.